The fourth-order valence-electron chi connectivity index (χ4n) is 2.19. The van der Waals surface area contributed by atoms with E-state index in [-0.39, 0.29) is 16.9 Å². The number of benzene rings is 2. The van der Waals surface area contributed by atoms with Crippen LogP contribution in [0.3, 0.4) is 0 Å². The molecule has 0 bridgehead atoms. The Morgan fingerprint density at radius 2 is 1.55 bits per heavy atom. The highest BCUT2D eigenvalue weighted by Gasteiger charge is 2.15. The van der Waals surface area contributed by atoms with E-state index in [0.717, 1.165) is 11.1 Å². The van der Waals surface area contributed by atoms with Gasteiger partial charge in [-0.1, -0.05) is 42.5 Å². The first kappa shape index (κ1) is 14.0. The first-order valence-electron chi connectivity index (χ1n) is 6.49. The molecule has 0 spiro atoms. The maximum atomic E-state index is 12.2. The molecule has 102 valence electrons. The number of carbonyl (C=O) groups excluding carboxylic acids is 1. The molecule has 1 N–H and O–H groups in total. The van der Waals surface area contributed by atoms with E-state index in [1.807, 2.05) is 31.2 Å². The van der Waals surface area contributed by atoms with Gasteiger partial charge in [0.25, 0.3) is 0 Å². The Hall–Kier alpha value is -2.42. The fourth-order valence-corrected chi connectivity index (χ4v) is 2.19. The molecule has 0 aliphatic heterocycles. The third kappa shape index (κ3) is 3.12. The van der Waals surface area contributed by atoms with Gasteiger partial charge in [-0.05, 0) is 30.5 Å². The summed E-state index contributed by atoms with van der Waals surface area (Å²) in [4.78, 5) is 23.3. The van der Waals surface area contributed by atoms with E-state index in [2.05, 4.69) is 0 Å². The summed E-state index contributed by atoms with van der Waals surface area (Å²) >= 11 is 0. The highest BCUT2D eigenvalue weighted by Crippen LogP contribution is 2.15. The molecule has 3 nitrogen and oxygen atoms in total. The summed E-state index contributed by atoms with van der Waals surface area (Å²) in [6, 6.07) is 14.2. The zero-order chi connectivity index (χ0) is 14.5. The Labute approximate surface area is 117 Å². The molecule has 3 heteroatoms. The monoisotopic (exact) mass is 268 g/mol. The van der Waals surface area contributed by atoms with E-state index in [0.29, 0.717) is 12.8 Å². The molecule has 2 aromatic carbocycles. The number of ketones is 1. The lowest BCUT2D eigenvalue weighted by atomic mass is 9.97. The number of carboxylic acid groups (broad SMARTS) is 1. The average Bonchev–Trinajstić information content (AvgIpc) is 2.46. The summed E-state index contributed by atoms with van der Waals surface area (Å²) in [5, 5.41) is 9.09. The molecule has 0 fully saturated rings. The van der Waals surface area contributed by atoms with Crippen molar-refractivity contribution in [2.75, 3.05) is 0 Å². The van der Waals surface area contributed by atoms with Crippen molar-refractivity contribution in [2.24, 2.45) is 0 Å². The molecule has 20 heavy (non-hydrogen) atoms. The number of aryl methyl sites for hydroxylation is 2. The minimum atomic E-state index is -1.06. The van der Waals surface area contributed by atoms with Gasteiger partial charge in [0.2, 0.25) is 0 Å². The van der Waals surface area contributed by atoms with Crippen LogP contribution in [-0.4, -0.2) is 16.9 Å². The molecule has 0 atom stereocenters. The van der Waals surface area contributed by atoms with E-state index >= 15 is 0 Å². The van der Waals surface area contributed by atoms with Crippen molar-refractivity contribution >= 4 is 11.8 Å². The molecule has 0 aliphatic carbocycles. The number of rotatable bonds is 5. The van der Waals surface area contributed by atoms with Gasteiger partial charge < -0.3 is 5.11 Å². The van der Waals surface area contributed by atoms with Crippen LogP contribution in [0.2, 0.25) is 0 Å². The maximum Gasteiger partial charge on any atom is 0.336 e. The summed E-state index contributed by atoms with van der Waals surface area (Å²) in [6.07, 6.45) is 0.939. The molecule has 0 aromatic heterocycles. The number of Topliss-reactive ketones (excluding diaryl/α,β-unsaturated/α-hetero) is 1. The van der Waals surface area contributed by atoms with E-state index in [1.54, 1.807) is 18.2 Å². The van der Waals surface area contributed by atoms with Crippen molar-refractivity contribution in [1.29, 1.82) is 0 Å². The highest BCUT2D eigenvalue weighted by molar-refractivity contribution is 6.05. The Balaban J connectivity index is 2.14. The van der Waals surface area contributed by atoms with Crippen molar-refractivity contribution in [3.05, 3.63) is 70.8 Å². The van der Waals surface area contributed by atoms with Gasteiger partial charge in [-0.2, -0.15) is 0 Å². The Morgan fingerprint density at radius 1 is 0.950 bits per heavy atom. The molecule has 0 saturated carbocycles. The van der Waals surface area contributed by atoms with Gasteiger partial charge in [-0.3, -0.25) is 4.79 Å². The molecule has 0 saturated heterocycles. The highest BCUT2D eigenvalue weighted by atomic mass is 16.4. The predicted octanol–water partition coefficient (Wildman–Crippen LogP) is 3.51. The van der Waals surface area contributed by atoms with E-state index in [1.165, 1.54) is 6.07 Å². The van der Waals surface area contributed by atoms with E-state index < -0.39 is 5.97 Å². The van der Waals surface area contributed by atoms with Gasteiger partial charge in [-0.25, -0.2) is 4.79 Å². The van der Waals surface area contributed by atoms with Gasteiger partial charge in [0.15, 0.2) is 5.78 Å². The van der Waals surface area contributed by atoms with Crippen LogP contribution in [0.25, 0.3) is 0 Å². The minimum absolute atomic E-state index is 0.0716. The van der Waals surface area contributed by atoms with Crippen LogP contribution < -0.4 is 0 Å². The lowest BCUT2D eigenvalue weighted by molar-refractivity contribution is 0.0691. The first-order valence-corrected chi connectivity index (χ1v) is 6.49. The van der Waals surface area contributed by atoms with E-state index in [4.69, 9.17) is 5.11 Å². The summed E-state index contributed by atoms with van der Waals surface area (Å²) in [7, 11) is 0. The number of carboxylic acids is 1. The first-order chi connectivity index (χ1) is 9.59. The van der Waals surface area contributed by atoms with Gasteiger partial charge in [0.05, 0.1) is 5.56 Å². The van der Waals surface area contributed by atoms with Crippen LogP contribution in [0, 0.1) is 6.92 Å². The fraction of sp³-hybridized carbons (Fsp3) is 0.176. The average molecular weight is 268 g/mol. The third-order valence-corrected chi connectivity index (χ3v) is 3.34. The standard InChI is InChI=1S/C17H16O3/c1-12-6-2-3-7-13(12)10-11-16(18)14-8-4-5-9-15(14)17(19)20/h2-9H,10-11H2,1H3,(H,19,20). The van der Waals surface area contributed by atoms with Gasteiger partial charge in [-0.15, -0.1) is 0 Å². The number of hydrogen-bond donors (Lipinski definition) is 1. The normalized spacial score (nSPS) is 10.2. The maximum absolute atomic E-state index is 12.2. The quantitative estimate of drug-likeness (QED) is 0.844. The molecule has 0 aliphatic rings. The Bertz CT molecular complexity index is 644. The molecule has 2 rings (SSSR count). The molecular formula is C17H16O3. The van der Waals surface area contributed by atoms with Crippen LogP contribution in [0.15, 0.2) is 48.5 Å². The van der Waals surface area contributed by atoms with Crippen LogP contribution in [0.1, 0.15) is 38.3 Å². The molecule has 0 amide bonds. The van der Waals surface area contributed by atoms with Crippen LogP contribution in [0.5, 0.6) is 0 Å². The van der Waals surface area contributed by atoms with Crippen molar-refractivity contribution < 1.29 is 14.7 Å². The predicted molar refractivity (Wildman–Crippen MR) is 77.2 cm³/mol. The molecule has 0 heterocycles. The van der Waals surface area contributed by atoms with Crippen molar-refractivity contribution in [1.82, 2.24) is 0 Å². The van der Waals surface area contributed by atoms with Gasteiger partial charge >= 0.3 is 5.97 Å². The summed E-state index contributed by atoms with van der Waals surface area (Å²) < 4.78 is 0. The number of aromatic carboxylic acids is 1. The third-order valence-electron chi connectivity index (χ3n) is 3.34. The molecule has 0 radical (unpaired) electrons. The van der Waals surface area contributed by atoms with Gasteiger partial charge in [0, 0.05) is 12.0 Å². The largest absolute Gasteiger partial charge is 0.478 e. The van der Waals surface area contributed by atoms with E-state index in [9.17, 15) is 9.59 Å². The zero-order valence-electron chi connectivity index (χ0n) is 11.3. The second kappa shape index (κ2) is 6.15. The van der Waals surface area contributed by atoms with Gasteiger partial charge in [0.1, 0.15) is 0 Å². The molecule has 0 unspecified atom stereocenters. The van der Waals surface area contributed by atoms with Crippen molar-refractivity contribution in [2.45, 2.75) is 19.8 Å². The number of carbonyl (C=O) groups is 2. The summed E-state index contributed by atoms with van der Waals surface area (Å²) in [5.41, 5.74) is 2.62. The molecular weight excluding hydrogens is 252 g/mol. The minimum Gasteiger partial charge on any atom is -0.478 e. The number of hydrogen-bond acceptors (Lipinski definition) is 2. The second-order valence-corrected chi connectivity index (χ2v) is 4.70. The lowest BCUT2D eigenvalue weighted by Gasteiger charge is -2.07. The smallest absolute Gasteiger partial charge is 0.336 e. The summed E-state index contributed by atoms with van der Waals surface area (Å²) in [6.45, 7) is 2.00. The zero-order valence-corrected chi connectivity index (χ0v) is 11.3. The van der Waals surface area contributed by atoms with Crippen LogP contribution in [0.4, 0.5) is 0 Å². The SMILES string of the molecule is Cc1ccccc1CCC(=O)c1ccccc1C(=O)O. The Morgan fingerprint density at radius 3 is 2.20 bits per heavy atom. The van der Waals surface area contributed by atoms with Crippen molar-refractivity contribution in [3.8, 4) is 0 Å². The van der Waals surface area contributed by atoms with Crippen LogP contribution in [-0.2, 0) is 6.42 Å². The topological polar surface area (TPSA) is 54.4 Å². The lowest BCUT2D eigenvalue weighted by Crippen LogP contribution is -2.09. The van der Waals surface area contributed by atoms with Crippen molar-refractivity contribution in [3.63, 3.8) is 0 Å². The van der Waals surface area contributed by atoms with Crippen LogP contribution >= 0.6 is 0 Å². The Kier molecular flexibility index (Phi) is 4.31. The second-order valence-electron chi connectivity index (χ2n) is 4.70. The molecule has 2 aromatic rings. The summed E-state index contributed by atoms with van der Waals surface area (Å²) in [5.74, 6) is -1.20.